The second-order valence-corrected chi connectivity index (χ2v) is 3.39. The van der Waals surface area contributed by atoms with Crippen LogP contribution in [0.25, 0.3) is 0 Å². The van der Waals surface area contributed by atoms with Crippen LogP contribution in [-0.2, 0) is 0 Å². The zero-order chi connectivity index (χ0) is 10.6. The van der Waals surface area contributed by atoms with E-state index in [1.807, 2.05) is 6.92 Å². The summed E-state index contributed by atoms with van der Waals surface area (Å²) in [5.41, 5.74) is 0.923. The first-order valence-electron chi connectivity index (χ1n) is 4.27. The van der Waals surface area contributed by atoms with Gasteiger partial charge in [-0.1, -0.05) is 23.6 Å². The molecule has 1 atom stereocenters. The Morgan fingerprint density at radius 2 is 2.36 bits per heavy atom. The minimum absolute atomic E-state index is 0.0733. The molecule has 0 heterocycles. The molecule has 0 aromatic heterocycles. The van der Waals surface area contributed by atoms with Gasteiger partial charge in [0, 0.05) is 6.04 Å². The first kappa shape index (κ1) is 11.0. The van der Waals surface area contributed by atoms with E-state index in [4.69, 9.17) is 18.0 Å². The van der Waals surface area contributed by atoms with Crippen molar-refractivity contribution in [3.63, 3.8) is 0 Å². The molecule has 0 saturated carbocycles. The first-order chi connectivity index (χ1) is 6.65. The Kier molecular flexibility index (Phi) is 3.94. The van der Waals surface area contributed by atoms with E-state index in [1.54, 1.807) is 12.1 Å². The number of hydrogen-bond acceptors (Lipinski definition) is 1. The second-order valence-electron chi connectivity index (χ2n) is 2.98. The molecule has 14 heavy (non-hydrogen) atoms. The van der Waals surface area contributed by atoms with Crippen molar-refractivity contribution in [2.24, 2.45) is 0 Å². The zero-order valence-corrected chi connectivity index (χ0v) is 8.61. The minimum Gasteiger partial charge on any atom is -0.300 e. The van der Waals surface area contributed by atoms with Crippen LogP contribution in [0.1, 0.15) is 18.5 Å². The third kappa shape index (κ3) is 2.73. The molecule has 0 aliphatic rings. The molecule has 0 aliphatic heterocycles. The Hall–Kier alpha value is -1.04. The predicted molar refractivity (Wildman–Crippen MR) is 56.7 cm³/mol. The van der Waals surface area contributed by atoms with Gasteiger partial charge in [0.05, 0.1) is 11.6 Å². The summed E-state index contributed by atoms with van der Waals surface area (Å²) in [6.45, 7) is 2.43. The SMILES string of the molecule is C#CCN[C@H](C)c1ccc(F)c(Cl)c1. The Bertz CT molecular complexity index is 357. The van der Waals surface area contributed by atoms with Gasteiger partial charge in [-0.2, -0.15) is 0 Å². The van der Waals surface area contributed by atoms with Crippen LogP contribution in [0.5, 0.6) is 0 Å². The van der Waals surface area contributed by atoms with Crippen LogP contribution in [-0.4, -0.2) is 6.54 Å². The van der Waals surface area contributed by atoms with Gasteiger partial charge in [0.1, 0.15) is 5.82 Å². The van der Waals surface area contributed by atoms with Crippen LogP contribution in [0.3, 0.4) is 0 Å². The summed E-state index contributed by atoms with van der Waals surface area (Å²) in [6.07, 6.45) is 5.11. The molecule has 0 bridgehead atoms. The summed E-state index contributed by atoms with van der Waals surface area (Å²) in [5.74, 6) is 2.07. The maximum absolute atomic E-state index is 12.8. The van der Waals surface area contributed by atoms with Crippen LogP contribution in [0, 0.1) is 18.2 Å². The fourth-order valence-corrected chi connectivity index (χ4v) is 1.30. The molecule has 74 valence electrons. The van der Waals surface area contributed by atoms with Gasteiger partial charge in [-0.3, -0.25) is 5.32 Å². The summed E-state index contributed by atoms with van der Waals surface area (Å²) in [7, 11) is 0. The quantitative estimate of drug-likeness (QED) is 0.759. The molecule has 1 rings (SSSR count). The number of benzene rings is 1. The largest absolute Gasteiger partial charge is 0.300 e. The summed E-state index contributed by atoms with van der Waals surface area (Å²) in [4.78, 5) is 0. The highest BCUT2D eigenvalue weighted by molar-refractivity contribution is 6.30. The molecule has 0 amide bonds. The molecular weight excluding hydrogens is 201 g/mol. The molecule has 1 N–H and O–H groups in total. The normalized spacial score (nSPS) is 12.1. The second kappa shape index (κ2) is 4.99. The zero-order valence-electron chi connectivity index (χ0n) is 7.85. The van der Waals surface area contributed by atoms with Gasteiger partial charge >= 0.3 is 0 Å². The van der Waals surface area contributed by atoms with E-state index in [0.29, 0.717) is 6.54 Å². The fraction of sp³-hybridized carbons (Fsp3) is 0.273. The van der Waals surface area contributed by atoms with Crippen molar-refractivity contribution >= 4 is 11.6 Å². The maximum Gasteiger partial charge on any atom is 0.141 e. The monoisotopic (exact) mass is 211 g/mol. The fourth-order valence-electron chi connectivity index (χ4n) is 1.11. The number of terminal acetylenes is 1. The highest BCUT2D eigenvalue weighted by Crippen LogP contribution is 2.20. The standard InChI is InChI=1S/C11H11ClFN/c1-3-6-14-8(2)9-4-5-11(13)10(12)7-9/h1,4-5,7-8,14H,6H2,2H3/t8-/m1/s1. The highest BCUT2D eigenvalue weighted by atomic mass is 35.5. The van der Waals surface area contributed by atoms with E-state index in [1.165, 1.54) is 6.07 Å². The van der Waals surface area contributed by atoms with Gasteiger partial charge in [0.2, 0.25) is 0 Å². The number of halogens is 2. The van der Waals surface area contributed by atoms with Gasteiger partial charge in [0.15, 0.2) is 0 Å². The van der Waals surface area contributed by atoms with E-state index < -0.39 is 5.82 Å². The lowest BCUT2D eigenvalue weighted by molar-refractivity contribution is 0.609. The van der Waals surface area contributed by atoms with E-state index in [2.05, 4.69) is 11.2 Å². The van der Waals surface area contributed by atoms with E-state index in [0.717, 1.165) is 5.56 Å². The molecule has 1 nitrogen and oxygen atoms in total. The van der Waals surface area contributed by atoms with Crippen LogP contribution in [0.2, 0.25) is 5.02 Å². The highest BCUT2D eigenvalue weighted by Gasteiger charge is 2.06. The number of hydrogen-bond donors (Lipinski definition) is 1. The molecule has 0 spiro atoms. The lowest BCUT2D eigenvalue weighted by atomic mass is 10.1. The third-order valence-electron chi connectivity index (χ3n) is 1.95. The first-order valence-corrected chi connectivity index (χ1v) is 4.64. The maximum atomic E-state index is 12.8. The summed E-state index contributed by atoms with van der Waals surface area (Å²) in [6, 6.07) is 4.72. The molecule has 1 aromatic rings. The van der Waals surface area contributed by atoms with Crippen molar-refractivity contribution < 1.29 is 4.39 Å². The average molecular weight is 212 g/mol. The summed E-state index contributed by atoms with van der Waals surface area (Å²) >= 11 is 5.65. The van der Waals surface area contributed by atoms with Crippen molar-refractivity contribution in [2.75, 3.05) is 6.54 Å². The molecule has 0 saturated heterocycles. The topological polar surface area (TPSA) is 12.0 Å². The van der Waals surface area contributed by atoms with Crippen molar-refractivity contribution in [1.82, 2.24) is 5.32 Å². The molecule has 0 unspecified atom stereocenters. The molecular formula is C11H11ClFN. The number of rotatable bonds is 3. The van der Waals surface area contributed by atoms with Crippen molar-refractivity contribution in [3.8, 4) is 12.3 Å². The van der Waals surface area contributed by atoms with Crippen LogP contribution in [0.4, 0.5) is 4.39 Å². The van der Waals surface area contributed by atoms with Gasteiger partial charge < -0.3 is 0 Å². The van der Waals surface area contributed by atoms with Crippen LogP contribution >= 0.6 is 11.6 Å². The van der Waals surface area contributed by atoms with E-state index in [9.17, 15) is 4.39 Å². The number of nitrogens with one attached hydrogen (secondary N) is 1. The van der Waals surface area contributed by atoms with Gasteiger partial charge in [0.25, 0.3) is 0 Å². The van der Waals surface area contributed by atoms with Crippen LogP contribution in [0.15, 0.2) is 18.2 Å². The van der Waals surface area contributed by atoms with E-state index in [-0.39, 0.29) is 11.1 Å². The minimum atomic E-state index is -0.403. The average Bonchev–Trinajstić information content (AvgIpc) is 2.18. The molecule has 0 fully saturated rings. The molecule has 0 radical (unpaired) electrons. The summed E-state index contributed by atoms with van der Waals surface area (Å²) < 4.78 is 12.8. The Balaban J connectivity index is 2.76. The Morgan fingerprint density at radius 3 is 2.93 bits per heavy atom. The van der Waals surface area contributed by atoms with Gasteiger partial charge in [-0.15, -0.1) is 6.42 Å². The van der Waals surface area contributed by atoms with Crippen molar-refractivity contribution in [2.45, 2.75) is 13.0 Å². The Morgan fingerprint density at radius 1 is 1.64 bits per heavy atom. The lowest BCUT2D eigenvalue weighted by Gasteiger charge is -2.12. The molecule has 3 heteroatoms. The molecule has 1 aromatic carbocycles. The molecule has 0 aliphatic carbocycles. The Labute approximate surface area is 88.3 Å². The third-order valence-corrected chi connectivity index (χ3v) is 2.24. The van der Waals surface area contributed by atoms with E-state index >= 15 is 0 Å². The van der Waals surface area contributed by atoms with Crippen molar-refractivity contribution in [3.05, 3.63) is 34.6 Å². The summed E-state index contributed by atoms with van der Waals surface area (Å²) in [5, 5.41) is 3.21. The van der Waals surface area contributed by atoms with Gasteiger partial charge in [-0.05, 0) is 24.6 Å². The van der Waals surface area contributed by atoms with Gasteiger partial charge in [-0.25, -0.2) is 4.39 Å². The predicted octanol–water partition coefficient (Wildman–Crippen LogP) is 2.76. The smallest absolute Gasteiger partial charge is 0.141 e. The lowest BCUT2D eigenvalue weighted by Crippen LogP contribution is -2.18. The van der Waals surface area contributed by atoms with Crippen molar-refractivity contribution in [1.29, 1.82) is 0 Å². The van der Waals surface area contributed by atoms with Crippen LogP contribution < -0.4 is 5.32 Å².